The molecular formula is C36H46N2O5S. The number of benzene rings is 2. The van der Waals surface area contributed by atoms with Gasteiger partial charge in [-0.25, -0.2) is 0 Å². The molecule has 0 saturated heterocycles. The SMILES string of the molecule is CCCC[N+]1=C(C=CC=CC=C2N(CC)c3ccccc3C2(C)CCCSOO[O-])C(C)(CCCC(=O)O)c2ccccc21. The summed E-state index contributed by atoms with van der Waals surface area (Å²) in [6.45, 7) is 10.7. The number of unbranched alkanes of at least 4 members (excludes halogenated alkanes) is 1. The molecule has 2 aromatic carbocycles. The van der Waals surface area contributed by atoms with E-state index in [0.29, 0.717) is 12.2 Å². The number of fused-ring (bicyclic) bond motifs is 2. The average molecular weight is 619 g/mol. The minimum absolute atomic E-state index is 0.171. The van der Waals surface area contributed by atoms with Crippen molar-refractivity contribution in [2.24, 2.45) is 0 Å². The van der Waals surface area contributed by atoms with E-state index in [1.165, 1.54) is 33.9 Å². The standard InChI is InChI=1S/C36H46N2O5S/c1-5-7-26-38-31-20-14-12-18-29(31)35(3,24-15-23-34(39)40)33(38)22-10-8-9-21-32-36(4,25-16-27-44-43-42-41)28-17-11-13-19-30(28)37(32)6-2/h8-14,17-22H,5-7,15-16,23-27H2,1-4H3,(H-,39,40,41). The van der Waals surface area contributed by atoms with Crippen molar-refractivity contribution in [2.45, 2.75) is 83.5 Å². The molecule has 0 fully saturated rings. The van der Waals surface area contributed by atoms with E-state index in [9.17, 15) is 15.2 Å². The van der Waals surface area contributed by atoms with Crippen molar-refractivity contribution in [2.75, 3.05) is 23.7 Å². The van der Waals surface area contributed by atoms with Crippen molar-refractivity contribution in [1.29, 1.82) is 0 Å². The second-order valence-electron chi connectivity index (χ2n) is 11.9. The summed E-state index contributed by atoms with van der Waals surface area (Å²) in [5.74, 6) is -0.0832. The third-order valence-corrected chi connectivity index (χ3v) is 9.73. The van der Waals surface area contributed by atoms with E-state index in [2.05, 4.69) is 125 Å². The lowest BCUT2D eigenvalue weighted by molar-refractivity contribution is -0.777. The first-order valence-corrected chi connectivity index (χ1v) is 16.7. The number of hydrogen-bond acceptors (Lipinski definition) is 6. The molecule has 236 valence electrons. The van der Waals surface area contributed by atoms with Gasteiger partial charge >= 0.3 is 5.97 Å². The summed E-state index contributed by atoms with van der Waals surface area (Å²) in [5.41, 5.74) is 7.09. The Labute approximate surface area is 266 Å². The first-order valence-electron chi connectivity index (χ1n) is 15.8. The largest absolute Gasteiger partial charge is 0.691 e. The van der Waals surface area contributed by atoms with Gasteiger partial charge in [-0.05, 0) is 64.2 Å². The maximum atomic E-state index is 11.4. The van der Waals surface area contributed by atoms with Crippen LogP contribution in [0.25, 0.3) is 0 Å². The molecular weight excluding hydrogens is 572 g/mol. The molecule has 1 N–H and O–H groups in total. The third-order valence-electron chi connectivity index (χ3n) is 9.12. The summed E-state index contributed by atoms with van der Waals surface area (Å²) < 4.78 is 6.92. The van der Waals surface area contributed by atoms with Crippen LogP contribution in [-0.2, 0) is 25.0 Å². The summed E-state index contributed by atoms with van der Waals surface area (Å²) in [7, 11) is 0. The van der Waals surface area contributed by atoms with Gasteiger partial charge in [0.25, 0.3) is 0 Å². The van der Waals surface area contributed by atoms with Crippen molar-refractivity contribution in [3.8, 4) is 0 Å². The fourth-order valence-corrected chi connectivity index (χ4v) is 7.31. The lowest BCUT2D eigenvalue weighted by atomic mass is 9.75. The fourth-order valence-electron chi connectivity index (χ4n) is 6.94. The van der Waals surface area contributed by atoms with Gasteiger partial charge in [-0.1, -0.05) is 68.0 Å². The normalized spacial score (nSPS) is 22.1. The van der Waals surface area contributed by atoms with Crippen LogP contribution in [0.4, 0.5) is 11.4 Å². The van der Waals surface area contributed by atoms with Crippen LogP contribution in [0, 0.1) is 0 Å². The number of anilines is 1. The fraction of sp³-hybridized carbons (Fsp3) is 0.444. The molecule has 2 heterocycles. The van der Waals surface area contributed by atoms with Crippen molar-refractivity contribution >= 4 is 35.1 Å². The molecule has 2 unspecified atom stereocenters. The lowest BCUT2D eigenvalue weighted by Gasteiger charge is -2.30. The first-order chi connectivity index (χ1) is 21.3. The Balaban J connectivity index is 1.63. The number of aliphatic carboxylic acids is 1. The third kappa shape index (κ3) is 7.20. The number of nitrogens with zero attached hydrogens (tertiary/aromatic N) is 2. The van der Waals surface area contributed by atoms with E-state index in [4.69, 9.17) is 0 Å². The van der Waals surface area contributed by atoms with E-state index < -0.39 is 5.97 Å². The molecule has 0 aliphatic carbocycles. The second kappa shape index (κ2) is 15.7. The molecule has 8 heteroatoms. The first kappa shape index (κ1) is 33.7. The predicted molar refractivity (Wildman–Crippen MR) is 177 cm³/mol. The Morgan fingerprint density at radius 3 is 2.43 bits per heavy atom. The van der Waals surface area contributed by atoms with Crippen LogP contribution >= 0.6 is 12.0 Å². The molecule has 2 aromatic rings. The molecule has 0 saturated carbocycles. The minimum atomic E-state index is -0.749. The number of para-hydroxylation sites is 2. The van der Waals surface area contributed by atoms with Gasteiger partial charge in [0.1, 0.15) is 6.54 Å². The lowest BCUT2D eigenvalue weighted by Crippen LogP contribution is -2.31. The van der Waals surface area contributed by atoms with Crippen LogP contribution in [0.1, 0.15) is 83.8 Å². The molecule has 0 radical (unpaired) electrons. The highest BCUT2D eigenvalue weighted by molar-refractivity contribution is 7.94. The molecule has 44 heavy (non-hydrogen) atoms. The van der Waals surface area contributed by atoms with Crippen LogP contribution in [0.5, 0.6) is 0 Å². The maximum absolute atomic E-state index is 11.4. The van der Waals surface area contributed by atoms with Gasteiger partial charge in [0.15, 0.2) is 5.71 Å². The molecule has 0 amide bonds. The summed E-state index contributed by atoms with van der Waals surface area (Å²) >= 11 is 1.04. The Hall–Kier alpha value is -3.17. The zero-order valence-corrected chi connectivity index (χ0v) is 27.3. The highest BCUT2D eigenvalue weighted by atomic mass is 32.2. The van der Waals surface area contributed by atoms with Crippen LogP contribution in [-0.4, -0.2) is 40.2 Å². The van der Waals surface area contributed by atoms with Crippen LogP contribution in [0.3, 0.4) is 0 Å². The van der Waals surface area contributed by atoms with Crippen molar-refractivity contribution in [3.63, 3.8) is 0 Å². The molecule has 7 nitrogen and oxygen atoms in total. The summed E-state index contributed by atoms with van der Waals surface area (Å²) in [6.07, 6.45) is 16.3. The highest BCUT2D eigenvalue weighted by Gasteiger charge is 2.47. The molecule has 2 aliphatic rings. The van der Waals surface area contributed by atoms with Gasteiger partial charge in [-0.2, -0.15) is 8.91 Å². The van der Waals surface area contributed by atoms with Gasteiger partial charge in [-0.15, -0.1) is 0 Å². The number of carbonyl (C=O) groups is 1. The smallest absolute Gasteiger partial charge is 0.303 e. The van der Waals surface area contributed by atoms with E-state index in [-0.39, 0.29) is 17.3 Å². The Bertz CT molecular complexity index is 1420. The van der Waals surface area contributed by atoms with Gasteiger partial charge in [-0.3, -0.25) is 9.83 Å². The molecule has 0 bridgehead atoms. The zero-order chi connectivity index (χ0) is 31.6. The quantitative estimate of drug-likeness (QED) is 0.0490. The molecule has 0 spiro atoms. The number of allylic oxidation sites excluding steroid dienone is 6. The van der Waals surface area contributed by atoms with Gasteiger partial charge < -0.3 is 15.3 Å². The summed E-state index contributed by atoms with van der Waals surface area (Å²) in [5, 5.41) is 23.0. The highest BCUT2D eigenvalue weighted by Crippen LogP contribution is 2.50. The number of hydrogen-bond donors (Lipinski definition) is 1. The predicted octanol–water partition coefficient (Wildman–Crippen LogP) is 7.54. The van der Waals surface area contributed by atoms with Crippen molar-refractivity contribution in [1.82, 2.24) is 0 Å². The monoisotopic (exact) mass is 618 g/mol. The Morgan fingerprint density at radius 2 is 1.70 bits per heavy atom. The van der Waals surface area contributed by atoms with Crippen LogP contribution < -0.4 is 10.2 Å². The Morgan fingerprint density at radius 1 is 0.977 bits per heavy atom. The molecule has 4 rings (SSSR count). The average Bonchev–Trinajstić information content (AvgIpc) is 3.40. The van der Waals surface area contributed by atoms with Crippen LogP contribution in [0.15, 0.2) is 84.6 Å². The van der Waals surface area contributed by atoms with Crippen LogP contribution in [0.2, 0.25) is 0 Å². The van der Waals surface area contributed by atoms with Gasteiger partial charge in [0.2, 0.25) is 5.69 Å². The van der Waals surface area contributed by atoms with E-state index >= 15 is 0 Å². The number of likely N-dealkylation sites (N-methyl/N-ethyl adjacent to an activating group) is 1. The van der Waals surface area contributed by atoms with E-state index in [1.54, 1.807) is 0 Å². The van der Waals surface area contributed by atoms with Gasteiger partial charge in [0.05, 0.1) is 5.41 Å². The summed E-state index contributed by atoms with van der Waals surface area (Å²) in [4.78, 5) is 13.7. The zero-order valence-electron chi connectivity index (χ0n) is 26.5. The second-order valence-corrected chi connectivity index (χ2v) is 12.7. The molecule has 2 atom stereocenters. The number of carboxylic acid groups (broad SMARTS) is 1. The number of carboxylic acids is 1. The van der Waals surface area contributed by atoms with Crippen molar-refractivity contribution < 1.29 is 29.1 Å². The molecule has 0 aromatic heterocycles. The topological polar surface area (TPSA) is 85.1 Å². The van der Waals surface area contributed by atoms with Crippen molar-refractivity contribution in [3.05, 3.63) is 95.7 Å². The minimum Gasteiger partial charge on any atom is -0.691 e. The van der Waals surface area contributed by atoms with Gasteiger partial charge in [0, 0.05) is 71.7 Å². The molecule has 2 aliphatic heterocycles. The Kier molecular flexibility index (Phi) is 12.0. The maximum Gasteiger partial charge on any atom is 0.303 e. The number of rotatable bonds is 17. The summed E-state index contributed by atoms with van der Waals surface area (Å²) in [6, 6.07) is 17.2. The van der Waals surface area contributed by atoms with E-state index in [0.717, 1.165) is 57.2 Å². The van der Waals surface area contributed by atoms with E-state index in [1.807, 2.05) is 0 Å².